The Labute approximate surface area is 625 Å². The zero-order chi connectivity index (χ0) is 76.2. The van der Waals surface area contributed by atoms with E-state index in [0.717, 1.165) is 22.3 Å². The van der Waals surface area contributed by atoms with Crippen LogP contribution < -0.4 is 10.6 Å². The van der Waals surface area contributed by atoms with Gasteiger partial charge in [0.25, 0.3) is 0 Å². The van der Waals surface area contributed by atoms with Crippen molar-refractivity contribution in [2.24, 2.45) is 0 Å². The Kier molecular flexibility index (Phi) is 33.5. The summed E-state index contributed by atoms with van der Waals surface area (Å²) in [6, 6.07) is 42.0. The fourth-order valence-corrected chi connectivity index (χ4v) is 14.4. The third-order valence-corrected chi connectivity index (χ3v) is 25.0. The van der Waals surface area contributed by atoms with E-state index in [9.17, 15) is 14.4 Å². The van der Waals surface area contributed by atoms with Gasteiger partial charge < -0.3 is 67.2 Å². The summed E-state index contributed by atoms with van der Waals surface area (Å²) in [6.07, 6.45) is -15.0. The summed E-state index contributed by atoms with van der Waals surface area (Å²) in [5.74, 6) is -3.94. The van der Waals surface area contributed by atoms with Gasteiger partial charge in [0.1, 0.15) is 48.7 Å². The van der Waals surface area contributed by atoms with E-state index in [1.807, 2.05) is 169 Å². The lowest BCUT2D eigenvalue weighted by molar-refractivity contribution is -0.302. The van der Waals surface area contributed by atoms with Crippen molar-refractivity contribution in [1.29, 1.82) is 0 Å². The molecule has 0 radical (unpaired) electrons. The Bertz CT molecular complexity index is 3540. The molecule has 106 heavy (non-hydrogen) atoms. The first-order chi connectivity index (χ1) is 50.9. The first kappa shape index (κ1) is 84.5. The van der Waals surface area contributed by atoms with Crippen molar-refractivity contribution in [3.05, 3.63) is 179 Å². The van der Waals surface area contributed by atoms with Crippen LogP contribution in [0.4, 0.5) is 0 Å². The van der Waals surface area contributed by atoms with Gasteiger partial charge in [0.15, 0.2) is 33.1 Å². The number of carbonyl (C=O) groups excluding carboxylic acids is 6. The molecule has 3 heterocycles. The van der Waals surface area contributed by atoms with E-state index in [-0.39, 0.29) is 84.8 Å². The number of hydrogen-bond donors (Lipinski definition) is 2. The molecule has 0 saturated carbocycles. The number of fused-ring (bicyclic) bond motifs is 1. The Morgan fingerprint density at radius 2 is 0.868 bits per heavy atom. The molecule has 0 bridgehead atoms. The molecule has 14 atom stereocenters. The van der Waals surface area contributed by atoms with Crippen molar-refractivity contribution in [3.63, 3.8) is 0 Å². The molecule has 580 valence electrons. The molecule has 2 amide bonds. The van der Waals surface area contributed by atoms with Crippen LogP contribution in [0, 0.1) is 0 Å². The van der Waals surface area contributed by atoms with Gasteiger partial charge in [0, 0.05) is 12.8 Å². The second-order valence-electron chi connectivity index (χ2n) is 28.2. The Hall–Kier alpha value is -7.07. The van der Waals surface area contributed by atoms with Crippen LogP contribution in [0.25, 0.3) is 0 Å². The predicted octanol–water partition coefficient (Wildman–Crippen LogP) is 13.3. The van der Waals surface area contributed by atoms with Crippen LogP contribution in [0.15, 0.2) is 146 Å². The number of esters is 4. The van der Waals surface area contributed by atoms with E-state index in [1.54, 1.807) is 52.0 Å². The molecule has 0 aromatic heterocycles. The maximum Gasteiger partial charge on any atom is 0.475 e. The van der Waals surface area contributed by atoms with E-state index in [4.69, 9.17) is 70.1 Å². The molecule has 3 aliphatic heterocycles. The molecular weight excluding hydrogens is 1400 g/mol. The molecular formula is C80H109N2O22PSi. The van der Waals surface area contributed by atoms with Crippen LogP contribution in [0.5, 0.6) is 0 Å². The minimum Gasteiger partial charge on any atom is -0.462 e. The number of carbonyl (C=O) groups is 6. The molecule has 5 aromatic carbocycles. The van der Waals surface area contributed by atoms with Gasteiger partial charge in [-0.1, -0.05) is 208 Å². The molecule has 2 saturated heterocycles. The van der Waals surface area contributed by atoms with Gasteiger partial charge in [0.2, 0.25) is 11.8 Å². The standard InChI is InChI=1S/C80H109N2O22PSi/c1-12-60(91-47-55-34-24-19-25-35-55)42-66(83)82-73-76(101-70(87)44-61(13-2)92-48-56-36-26-20-27-37-56)74(93-49-57-38-28-21-29-39-57)65(100-79(73)104-106(10,11)80(7,8)9)53-94-78-72(81-67(84)43-62(14-3)97-68(85)16-5)77(102-71(88)45-63(15-4)98-69(86)17-6)75(64(99-78)52-90-46-54-32-22-18-23-33-54)103-105(89)95-50-58-40-30-31-41-59(58)51-96-105/h18-41,60-65,72-79H,12-17,42-53H2,1-11H3,(H,81,84)(H,82,83)/t60-,61-,62-,63-,64?,65?,72?,73?,74-,75-,76-,77-,78-,79-/m1/s1. The fraction of sp³-hybridized carbons (Fsp3) is 0.550. The molecule has 2 fully saturated rings. The van der Waals surface area contributed by atoms with Crippen molar-refractivity contribution >= 4 is 51.8 Å². The van der Waals surface area contributed by atoms with Crippen molar-refractivity contribution in [2.75, 3.05) is 13.2 Å². The first-order valence-electron chi connectivity index (χ1n) is 37.1. The molecule has 3 aliphatic rings. The van der Waals surface area contributed by atoms with Gasteiger partial charge in [-0.15, -0.1) is 0 Å². The third-order valence-electron chi connectivity index (χ3n) is 19.2. The average molecular weight is 1510 g/mol. The summed E-state index contributed by atoms with van der Waals surface area (Å²) in [4.78, 5) is 85.8. The van der Waals surface area contributed by atoms with Gasteiger partial charge >= 0.3 is 31.7 Å². The summed E-state index contributed by atoms with van der Waals surface area (Å²) < 4.78 is 114. The van der Waals surface area contributed by atoms with E-state index in [0.29, 0.717) is 24.0 Å². The van der Waals surface area contributed by atoms with Crippen LogP contribution in [0.2, 0.25) is 18.1 Å². The smallest absolute Gasteiger partial charge is 0.462 e. The van der Waals surface area contributed by atoms with Gasteiger partial charge in [-0.05, 0) is 77.2 Å². The van der Waals surface area contributed by atoms with Gasteiger partial charge in [0.05, 0.1) is 90.7 Å². The summed E-state index contributed by atoms with van der Waals surface area (Å²) in [6.45, 7) is 19.8. The lowest BCUT2D eigenvalue weighted by atomic mass is 9.95. The minimum atomic E-state index is -4.75. The van der Waals surface area contributed by atoms with Crippen LogP contribution in [0.3, 0.4) is 0 Å². The van der Waals surface area contributed by atoms with Crippen LogP contribution in [0.1, 0.15) is 160 Å². The van der Waals surface area contributed by atoms with Crippen molar-refractivity contribution in [1.82, 2.24) is 10.6 Å². The number of benzene rings is 5. The molecule has 26 heteroatoms. The van der Waals surface area contributed by atoms with E-state index >= 15 is 18.9 Å². The van der Waals surface area contributed by atoms with Crippen molar-refractivity contribution < 1.29 is 103 Å². The van der Waals surface area contributed by atoms with Gasteiger partial charge in [-0.2, -0.15) is 0 Å². The molecule has 2 N–H and O–H groups in total. The monoisotopic (exact) mass is 1510 g/mol. The zero-order valence-corrected chi connectivity index (χ0v) is 65.0. The topological polar surface area (TPSA) is 282 Å². The lowest BCUT2D eigenvalue weighted by Crippen LogP contribution is -2.69. The molecule has 0 spiro atoms. The van der Waals surface area contributed by atoms with E-state index in [2.05, 4.69) is 10.6 Å². The van der Waals surface area contributed by atoms with Crippen LogP contribution >= 0.6 is 7.82 Å². The second kappa shape index (κ2) is 42.0. The van der Waals surface area contributed by atoms with Gasteiger partial charge in [-0.3, -0.25) is 42.3 Å². The normalized spacial score (nSPS) is 22.7. The fourth-order valence-electron chi connectivity index (χ4n) is 11.9. The molecule has 5 aromatic rings. The molecule has 4 unspecified atom stereocenters. The predicted molar refractivity (Wildman–Crippen MR) is 395 cm³/mol. The Morgan fingerprint density at radius 3 is 1.34 bits per heavy atom. The number of phosphoric acid groups is 1. The highest BCUT2D eigenvalue weighted by atomic mass is 31.2. The zero-order valence-electron chi connectivity index (χ0n) is 63.1. The largest absolute Gasteiger partial charge is 0.475 e. The van der Waals surface area contributed by atoms with E-state index < -0.39 is 162 Å². The summed E-state index contributed by atoms with van der Waals surface area (Å²) in [7, 11) is -7.75. The SMILES string of the molecule is CCC(=O)O[C@H](CC)CC(=O)NC1[C@H](OCC2O[C@H](O[Si](C)(C)C(C)(C)C)C(NC(=O)C[C@@H](CC)OCc3ccccc3)[C@@H](OC(=O)C[C@@H](CC)OCc3ccccc3)[C@@H]2OCc2ccccc2)OC(COCc2ccccc2)[C@@H](OP2(=O)OCc3ccccc3CO2)[C@@H]1OC(=O)C[C@@H](CC)OC(=O)CC. The number of nitrogens with one attached hydrogen (secondary N) is 2. The number of phosphoric ester groups is 1. The number of ether oxygens (including phenoxy) is 11. The highest BCUT2D eigenvalue weighted by molar-refractivity contribution is 7.48. The van der Waals surface area contributed by atoms with Crippen LogP contribution in [-0.4, -0.2) is 143 Å². The van der Waals surface area contributed by atoms with Crippen molar-refractivity contribution in [2.45, 2.75) is 270 Å². The number of rotatable bonds is 40. The average Bonchev–Trinajstić information content (AvgIpc) is 1.35. The Balaban J connectivity index is 1.26. The molecule has 0 aliphatic carbocycles. The summed E-state index contributed by atoms with van der Waals surface area (Å²) in [5, 5.41) is 5.72. The number of hydrogen-bond acceptors (Lipinski definition) is 22. The quantitative estimate of drug-likeness (QED) is 0.0159. The summed E-state index contributed by atoms with van der Waals surface area (Å²) in [5.41, 5.74) is 4.64. The first-order valence-corrected chi connectivity index (χ1v) is 41.5. The van der Waals surface area contributed by atoms with Gasteiger partial charge in [-0.25, -0.2) is 4.57 Å². The van der Waals surface area contributed by atoms with E-state index in [1.165, 1.54) is 0 Å². The number of amides is 2. The maximum atomic E-state index is 15.4. The third kappa shape index (κ3) is 26.1. The maximum absolute atomic E-state index is 15.4. The highest BCUT2D eigenvalue weighted by Crippen LogP contribution is 2.55. The minimum absolute atomic E-state index is 0.0150. The molecule has 8 rings (SSSR count). The van der Waals surface area contributed by atoms with Crippen LogP contribution in [-0.2, 0) is 143 Å². The highest BCUT2D eigenvalue weighted by Gasteiger charge is 2.57. The Morgan fingerprint density at radius 1 is 0.472 bits per heavy atom. The second-order valence-corrected chi connectivity index (χ2v) is 34.6. The van der Waals surface area contributed by atoms with Crippen molar-refractivity contribution in [3.8, 4) is 0 Å². The molecule has 24 nitrogen and oxygen atoms in total. The lowest BCUT2D eigenvalue weighted by Gasteiger charge is -2.50. The summed E-state index contributed by atoms with van der Waals surface area (Å²) >= 11 is 0.